The Morgan fingerprint density at radius 3 is 2.57 bits per heavy atom. The van der Waals surface area contributed by atoms with Gasteiger partial charge in [-0.2, -0.15) is 0 Å². The molecular weight excluding hydrogens is 352 g/mol. The van der Waals surface area contributed by atoms with E-state index in [1.54, 1.807) is 0 Å². The number of carbonyl (C=O) groups is 1. The molecule has 1 amide bonds. The summed E-state index contributed by atoms with van der Waals surface area (Å²) in [6.07, 6.45) is 0.829. The van der Waals surface area contributed by atoms with Crippen LogP contribution in [0.15, 0.2) is 53.0 Å². The van der Waals surface area contributed by atoms with Gasteiger partial charge in [0.15, 0.2) is 0 Å². The molecule has 0 unspecified atom stereocenters. The molecule has 0 saturated carbocycles. The van der Waals surface area contributed by atoms with E-state index in [1.165, 1.54) is 22.2 Å². The van der Waals surface area contributed by atoms with Crippen LogP contribution in [0.3, 0.4) is 0 Å². The van der Waals surface area contributed by atoms with Crippen molar-refractivity contribution in [3.8, 4) is 0 Å². The molecule has 2 aromatic carbocycles. The van der Waals surface area contributed by atoms with Gasteiger partial charge in [0.05, 0.1) is 0 Å². The van der Waals surface area contributed by atoms with Crippen molar-refractivity contribution in [1.82, 2.24) is 9.88 Å². The lowest BCUT2D eigenvalue weighted by Crippen LogP contribution is -2.25. The fraction of sp³-hybridized carbons (Fsp3) is 0.211. The molecule has 0 fully saturated rings. The van der Waals surface area contributed by atoms with Crippen molar-refractivity contribution in [2.45, 2.75) is 13.3 Å². The number of benzene rings is 2. The molecule has 0 bridgehead atoms. The summed E-state index contributed by atoms with van der Waals surface area (Å²) in [5.41, 5.74) is 4.48. The summed E-state index contributed by atoms with van der Waals surface area (Å²) in [5.74, 6) is -0.0320. The molecule has 0 aliphatic heterocycles. The lowest BCUT2D eigenvalue weighted by Gasteiger charge is -2.06. The first-order chi connectivity index (χ1) is 11.1. The van der Waals surface area contributed by atoms with Crippen LogP contribution in [-0.4, -0.2) is 17.0 Å². The lowest BCUT2D eigenvalue weighted by atomic mass is 10.1. The van der Waals surface area contributed by atoms with Crippen LogP contribution in [-0.2, 0) is 13.5 Å². The summed E-state index contributed by atoms with van der Waals surface area (Å²) < 4.78 is 3.18. The minimum atomic E-state index is -0.0320. The number of aromatic nitrogens is 1. The van der Waals surface area contributed by atoms with Gasteiger partial charge in [0.2, 0.25) is 0 Å². The number of fused-ring (bicyclic) bond motifs is 1. The van der Waals surface area contributed by atoms with Gasteiger partial charge in [0, 0.05) is 40.2 Å². The van der Waals surface area contributed by atoms with Crippen LogP contribution in [0.4, 0.5) is 0 Å². The molecule has 1 aromatic heterocycles. The van der Waals surface area contributed by atoms with Gasteiger partial charge in [-0.15, -0.1) is 0 Å². The van der Waals surface area contributed by atoms with Gasteiger partial charge in [0.25, 0.3) is 5.91 Å². The maximum Gasteiger partial charge on any atom is 0.251 e. The predicted octanol–water partition coefficient (Wildman–Crippen LogP) is 4.22. The van der Waals surface area contributed by atoms with Crippen LogP contribution >= 0.6 is 15.9 Å². The van der Waals surface area contributed by atoms with Gasteiger partial charge in [0.1, 0.15) is 0 Å². The molecule has 0 radical (unpaired) electrons. The molecule has 0 aliphatic carbocycles. The summed E-state index contributed by atoms with van der Waals surface area (Å²) >= 11 is 3.38. The van der Waals surface area contributed by atoms with E-state index < -0.39 is 0 Å². The van der Waals surface area contributed by atoms with E-state index in [9.17, 15) is 4.79 Å². The quantitative estimate of drug-likeness (QED) is 0.732. The Balaban J connectivity index is 1.71. The van der Waals surface area contributed by atoms with Crippen molar-refractivity contribution in [3.63, 3.8) is 0 Å². The van der Waals surface area contributed by atoms with E-state index >= 15 is 0 Å². The summed E-state index contributed by atoms with van der Waals surface area (Å²) in [4.78, 5) is 12.2. The first kappa shape index (κ1) is 15.8. The Morgan fingerprint density at radius 2 is 1.83 bits per heavy atom. The highest BCUT2D eigenvalue weighted by molar-refractivity contribution is 9.10. The molecule has 0 saturated heterocycles. The Kier molecular flexibility index (Phi) is 4.53. The van der Waals surface area contributed by atoms with Gasteiger partial charge in [-0.25, -0.2) is 0 Å². The maximum atomic E-state index is 12.2. The zero-order valence-corrected chi connectivity index (χ0v) is 14.9. The first-order valence-corrected chi connectivity index (χ1v) is 8.44. The third-order valence-corrected chi connectivity index (χ3v) is 4.83. The number of halogens is 1. The Labute approximate surface area is 144 Å². The lowest BCUT2D eigenvalue weighted by molar-refractivity contribution is 0.0954. The number of nitrogens with one attached hydrogen (secondary N) is 1. The summed E-state index contributed by atoms with van der Waals surface area (Å²) in [6, 6.07) is 15.8. The van der Waals surface area contributed by atoms with E-state index in [0.29, 0.717) is 12.1 Å². The van der Waals surface area contributed by atoms with E-state index in [0.717, 1.165) is 10.9 Å². The third-order valence-electron chi connectivity index (χ3n) is 4.30. The molecular formula is C19H19BrN2O. The van der Waals surface area contributed by atoms with Crippen LogP contribution < -0.4 is 5.32 Å². The molecule has 23 heavy (non-hydrogen) atoms. The second kappa shape index (κ2) is 6.59. The molecule has 0 atom stereocenters. The van der Waals surface area contributed by atoms with Crippen LogP contribution in [0.2, 0.25) is 0 Å². The summed E-state index contributed by atoms with van der Waals surface area (Å²) in [7, 11) is 2.08. The van der Waals surface area contributed by atoms with Crippen LogP contribution in [0.1, 0.15) is 21.6 Å². The molecule has 3 aromatic rings. The van der Waals surface area contributed by atoms with Gasteiger partial charge >= 0.3 is 0 Å². The largest absolute Gasteiger partial charge is 0.352 e. The van der Waals surface area contributed by atoms with Gasteiger partial charge < -0.3 is 9.88 Å². The molecule has 0 aliphatic rings. The number of hydrogen-bond acceptors (Lipinski definition) is 1. The van der Waals surface area contributed by atoms with Crippen LogP contribution in [0.5, 0.6) is 0 Å². The average Bonchev–Trinajstić information content (AvgIpc) is 2.81. The van der Waals surface area contributed by atoms with Crippen LogP contribution in [0, 0.1) is 6.92 Å². The zero-order valence-electron chi connectivity index (χ0n) is 13.3. The topological polar surface area (TPSA) is 34.0 Å². The Hall–Kier alpha value is -2.07. The first-order valence-electron chi connectivity index (χ1n) is 7.64. The van der Waals surface area contributed by atoms with Gasteiger partial charge in [-0.3, -0.25) is 4.79 Å². The van der Waals surface area contributed by atoms with Crippen molar-refractivity contribution in [2.24, 2.45) is 7.05 Å². The molecule has 4 heteroatoms. The van der Waals surface area contributed by atoms with E-state index in [1.807, 2.05) is 24.3 Å². The van der Waals surface area contributed by atoms with E-state index in [4.69, 9.17) is 0 Å². The third kappa shape index (κ3) is 3.17. The van der Waals surface area contributed by atoms with Gasteiger partial charge in [-0.05, 0) is 49.2 Å². The number of hydrogen-bond donors (Lipinski definition) is 1. The van der Waals surface area contributed by atoms with Crippen molar-refractivity contribution in [2.75, 3.05) is 6.54 Å². The number of nitrogens with zero attached hydrogens (tertiary/aromatic N) is 1. The second-order valence-corrected chi connectivity index (χ2v) is 6.57. The monoisotopic (exact) mass is 370 g/mol. The van der Waals surface area contributed by atoms with Crippen molar-refractivity contribution in [3.05, 3.63) is 69.8 Å². The summed E-state index contributed by atoms with van der Waals surface area (Å²) in [5, 5.41) is 4.27. The molecule has 3 rings (SSSR count). The molecule has 118 valence electrons. The molecule has 0 spiro atoms. The fourth-order valence-electron chi connectivity index (χ4n) is 2.92. The zero-order chi connectivity index (χ0) is 16.4. The minimum absolute atomic E-state index is 0.0320. The van der Waals surface area contributed by atoms with Crippen molar-refractivity contribution >= 4 is 32.7 Å². The fourth-order valence-corrected chi connectivity index (χ4v) is 3.18. The standard InChI is InChI=1S/C19H19BrN2O/c1-13-16(17-5-3-4-6-18(17)22(13)2)11-12-21-19(23)14-7-9-15(20)10-8-14/h3-10H,11-12H2,1-2H3,(H,21,23). The Morgan fingerprint density at radius 1 is 1.13 bits per heavy atom. The average molecular weight is 371 g/mol. The predicted molar refractivity (Wildman–Crippen MR) is 97.8 cm³/mol. The van der Waals surface area contributed by atoms with Crippen LogP contribution in [0.25, 0.3) is 10.9 Å². The number of para-hydroxylation sites is 1. The number of rotatable bonds is 4. The van der Waals surface area contributed by atoms with Crippen molar-refractivity contribution in [1.29, 1.82) is 0 Å². The maximum absolute atomic E-state index is 12.2. The number of aryl methyl sites for hydroxylation is 1. The second-order valence-electron chi connectivity index (χ2n) is 5.65. The van der Waals surface area contributed by atoms with Gasteiger partial charge in [-0.1, -0.05) is 34.1 Å². The highest BCUT2D eigenvalue weighted by Gasteiger charge is 2.11. The SMILES string of the molecule is Cc1c(CCNC(=O)c2ccc(Br)cc2)c2ccccc2n1C. The number of carbonyl (C=O) groups excluding carboxylic acids is 1. The highest BCUT2D eigenvalue weighted by Crippen LogP contribution is 2.24. The van der Waals surface area contributed by atoms with E-state index in [-0.39, 0.29) is 5.91 Å². The molecule has 1 N–H and O–H groups in total. The molecule has 3 nitrogen and oxygen atoms in total. The van der Waals surface area contributed by atoms with E-state index in [2.05, 4.69) is 64.1 Å². The minimum Gasteiger partial charge on any atom is -0.352 e. The van der Waals surface area contributed by atoms with Crippen molar-refractivity contribution < 1.29 is 4.79 Å². The molecule has 1 heterocycles. The normalized spacial score (nSPS) is 10.9. The Bertz CT molecular complexity index is 850. The summed E-state index contributed by atoms with van der Waals surface area (Å²) in [6.45, 7) is 2.76. The highest BCUT2D eigenvalue weighted by atomic mass is 79.9. The number of amides is 1. The smallest absolute Gasteiger partial charge is 0.251 e.